The number of benzene rings is 2. The Morgan fingerprint density at radius 2 is 1.84 bits per heavy atom. The number of sulfonamides is 1. The molecule has 0 heterocycles. The molecular weight excluding hydrogens is 360 g/mol. The summed E-state index contributed by atoms with van der Waals surface area (Å²) >= 11 is 5.82. The largest absolute Gasteiger partial charge is 0.352 e. The van der Waals surface area contributed by atoms with Crippen LogP contribution in [0.2, 0.25) is 5.02 Å². The van der Waals surface area contributed by atoms with Crippen LogP contribution in [0.4, 0.5) is 5.69 Å². The molecule has 0 aliphatic rings. The average Bonchev–Trinajstić information content (AvgIpc) is 2.53. The van der Waals surface area contributed by atoms with Crippen LogP contribution in [0, 0.1) is 6.92 Å². The molecule has 0 fully saturated rings. The van der Waals surface area contributed by atoms with Gasteiger partial charge in [0.2, 0.25) is 15.9 Å². The lowest BCUT2D eigenvalue weighted by atomic mass is 10.2. The number of hydrogen-bond acceptors (Lipinski definition) is 3. The van der Waals surface area contributed by atoms with E-state index in [1.807, 2.05) is 25.1 Å². The van der Waals surface area contributed by atoms with Crippen LogP contribution in [0.25, 0.3) is 0 Å². The molecule has 0 radical (unpaired) electrons. The first-order valence-corrected chi connectivity index (χ1v) is 10.0. The van der Waals surface area contributed by atoms with Crippen LogP contribution >= 0.6 is 11.6 Å². The second-order valence-corrected chi connectivity index (χ2v) is 8.17. The number of nitrogens with zero attached hydrogens (tertiary/aromatic N) is 1. The van der Waals surface area contributed by atoms with Crippen LogP contribution in [-0.2, 0) is 21.4 Å². The van der Waals surface area contributed by atoms with Gasteiger partial charge in [-0.15, -0.1) is 0 Å². The molecule has 25 heavy (non-hydrogen) atoms. The minimum Gasteiger partial charge on any atom is -0.352 e. The van der Waals surface area contributed by atoms with E-state index >= 15 is 0 Å². The molecule has 2 rings (SSSR count). The summed E-state index contributed by atoms with van der Waals surface area (Å²) in [7, 11) is -3.46. The zero-order valence-electron chi connectivity index (χ0n) is 14.2. The second kappa shape index (κ2) is 8.36. The van der Waals surface area contributed by atoms with Gasteiger partial charge in [0.25, 0.3) is 0 Å². The lowest BCUT2D eigenvalue weighted by molar-refractivity contribution is -0.121. The Hall–Kier alpha value is -2.05. The molecule has 5 nitrogen and oxygen atoms in total. The van der Waals surface area contributed by atoms with Crippen molar-refractivity contribution >= 4 is 33.2 Å². The van der Waals surface area contributed by atoms with E-state index in [4.69, 9.17) is 11.6 Å². The van der Waals surface area contributed by atoms with Gasteiger partial charge in [0.15, 0.2) is 0 Å². The van der Waals surface area contributed by atoms with Crippen molar-refractivity contribution in [2.45, 2.75) is 19.9 Å². The Labute approximate surface area is 153 Å². The Morgan fingerprint density at radius 3 is 2.44 bits per heavy atom. The minimum atomic E-state index is -3.46. The van der Waals surface area contributed by atoms with Gasteiger partial charge in [-0.3, -0.25) is 9.10 Å². The van der Waals surface area contributed by atoms with Gasteiger partial charge in [0.05, 0.1) is 11.9 Å². The smallest absolute Gasteiger partial charge is 0.232 e. The predicted molar refractivity (Wildman–Crippen MR) is 101 cm³/mol. The van der Waals surface area contributed by atoms with Gasteiger partial charge in [-0.2, -0.15) is 0 Å². The summed E-state index contributed by atoms with van der Waals surface area (Å²) in [5, 5.41) is 3.42. The average molecular weight is 381 g/mol. The predicted octanol–water partition coefficient (Wildman–Crippen LogP) is 3.12. The van der Waals surface area contributed by atoms with Crippen molar-refractivity contribution in [3.05, 3.63) is 64.7 Å². The SMILES string of the molecule is Cc1cccc(N(CCC(=O)NCc2ccc(Cl)cc2)S(C)(=O)=O)c1. The molecule has 2 aromatic carbocycles. The molecule has 1 N–H and O–H groups in total. The third kappa shape index (κ3) is 6.07. The van der Waals surface area contributed by atoms with Gasteiger partial charge in [-0.05, 0) is 42.3 Å². The monoisotopic (exact) mass is 380 g/mol. The van der Waals surface area contributed by atoms with Crippen molar-refractivity contribution in [3.63, 3.8) is 0 Å². The van der Waals surface area contributed by atoms with E-state index in [2.05, 4.69) is 5.32 Å². The maximum Gasteiger partial charge on any atom is 0.232 e. The van der Waals surface area contributed by atoms with Crippen LogP contribution in [0.5, 0.6) is 0 Å². The lowest BCUT2D eigenvalue weighted by Gasteiger charge is -2.22. The van der Waals surface area contributed by atoms with E-state index in [-0.39, 0.29) is 18.9 Å². The van der Waals surface area contributed by atoms with Crippen LogP contribution in [-0.4, -0.2) is 27.1 Å². The van der Waals surface area contributed by atoms with E-state index < -0.39 is 10.0 Å². The molecule has 0 aliphatic carbocycles. The summed E-state index contributed by atoms with van der Waals surface area (Å²) in [5.41, 5.74) is 2.45. The highest BCUT2D eigenvalue weighted by Crippen LogP contribution is 2.19. The van der Waals surface area contributed by atoms with E-state index in [1.54, 1.807) is 30.3 Å². The third-order valence-electron chi connectivity index (χ3n) is 3.63. The normalized spacial score (nSPS) is 11.2. The standard InChI is InChI=1S/C18H21ClN2O3S/c1-14-4-3-5-17(12-14)21(25(2,23)24)11-10-18(22)20-13-15-6-8-16(19)9-7-15/h3-9,12H,10-11,13H2,1-2H3,(H,20,22). The van der Waals surface area contributed by atoms with Crippen molar-refractivity contribution < 1.29 is 13.2 Å². The zero-order valence-corrected chi connectivity index (χ0v) is 15.8. The van der Waals surface area contributed by atoms with Crippen molar-refractivity contribution in [1.29, 1.82) is 0 Å². The van der Waals surface area contributed by atoms with Gasteiger partial charge < -0.3 is 5.32 Å². The van der Waals surface area contributed by atoms with Crippen molar-refractivity contribution in [2.75, 3.05) is 17.1 Å². The Balaban J connectivity index is 1.96. The number of amides is 1. The van der Waals surface area contributed by atoms with E-state index in [1.165, 1.54) is 4.31 Å². The number of nitrogens with one attached hydrogen (secondary N) is 1. The summed E-state index contributed by atoms with van der Waals surface area (Å²) in [5.74, 6) is -0.212. The van der Waals surface area contributed by atoms with Crippen LogP contribution in [0.15, 0.2) is 48.5 Å². The first-order valence-electron chi connectivity index (χ1n) is 7.81. The number of aryl methyl sites for hydroxylation is 1. The lowest BCUT2D eigenvalue weighted by Crippen LogP contribution is -2.34. The van der Waals surface area contributed by atoms with Gasteiger partial charge >= 0.3 is 0 Å². The van der Waals surface area contributed by atoms with Gasteiger partial charge in [0, 0.05) is 24.5 Å². The highest BCUT2D eigenvalue weighted by atomic mass is 35.5. The molecule has 0 aliphatic heterocycles. The van der Waals surface area contributed by atoms with Gasteiger partial charge in [-0.25, -0.2) is 8.42 Å². The van der Waals surface area contributed by atoms with Crippen LogP contribution < -0.4 is 9.62 Å². The molecule has 7 heteroatoms. The Morgan fingerprint density at radius 1 is 1.16 bits per heavy atom. The fourth-order valence-corrected chi connectivity index (χ4v) is 3.41. The van der Waals surface area contributed by atoms with E-state index in [9.17, 15) is 13.2 Å². The number of carbonyl (C=O) groups excluding carboxylic acids is 1. The number of anilines is 1. The molecule has 0 bridgehead atoms. The van der Waals surface area contributed by atoms with Crippen LogP contribution in [0.1, 0.15) is 17.5 Å². The molecule has 0 aromatic heterocycles. The van der Waals surface area contributed by atoms with Gasteiger partial charge in [0.1, 0.15) is 0 Å². The van der Waals surface area contributed by atoms with E-state index in [0.717, 1.165) is 17.4 Å². The number of hydrogen-bond donors (Lipinski definition) is 1. The molecule has 0 saturated heterocycles. The fraction of sp³-hybridized carbons (Fsp3) is 0.278. The zero-order chi connectivity index (χ0) is 18.4. The summed E-state index contributed by atoms with van der Waals surface area (Å²) in [6.07, 6.45) is 1.22. The topological polar surface area (TPSA) is 66.5 Å². The quantitative estimate of drug-likeness (QED) is 0.802. The summed E-state index contributed by atoms with van der Waals surface area (Å²) in [4.78, 5) is 12.1. The first-order chi connectivity index (χ1) is 11.8. The molecule has 1 amide bonds. The fourth-order valence-electron chi connectivity index (χ4n) is 2.36. The maximum absolute atomic E-state index is 12.1. The third-order valence-corrected chi connectivity index (χ3v) is 5.08. The first kappa shape index (κ1) is 19.3. The molecule has 2 aromatic rings. The summed E-state index contributed by atoms with van der Waals surface area (Å²) in [6.45, 7) is 2.36. The number of rotatable bonds is 7. The van der Waals surface area contributed by atoms with Crippen molar-refractivity contribution in [1.82, 2.24) is 5.32 Å². The van der Waals surface area contributed by atoms with Gasteiger partial charge in [-0.1, -0.05) is 35.9 Å². The highest BCUT2D eigenvalue weighted by molar-refractivity contribution is 7.92. The van der Waals surface area contributed by atoms with Crippen molar-refractivity contribution in [2.24, 2.45) is 0 Å². The molecule has 0 atom stereocenters. The number of halogens is 1. The molecule has 0 saturated carbocycles. The highest BCUT2D eigenvalue weighted by Gasteiger charge is 2.18. The van der Waals surface area contributed by atoms with E-state index in [0.29, 0.717) is 17.3 Å². The molecular formula is C18H21ClN2O3S. The molecule has 0 spiro atoms. The summed E-state index contributed by atoms with van der Waals surface area (Å²) in [6, 6.07) is 14.4. The Bertz CT molecular complexity index is 836. The Kier molecular flexibility index (Phi) is 6.45. The molecule has 0 unspecified atom stereocenters. The maximum atomic E-state index is 12.1. The van der Waals surface area contributed by atoms with Crippen molar-refractivity contribution in [3.8, 4) is 0 Å². The summed E-state index contributed by atoms with van der Waals surface area (Å²) < 4.78 is 25.3. The second-order valence-electron chi connectivity index (χ2n) is 5.83. The van der Waals surface area contributed by atoms with Crippen LogP contribution in [0.3, 0.4) is 0 Å². The number of carbonyl (C=O) groups is 1. The molecule has 134 valence electrons. The minimum absolute atomic E-state index is 0.0780.